The van der Waals surface area contributed by atoms with Gasteiger partial charge in [-0.15, -0.1) is 6.42 Å². The van der Waals surface area contributed by atoms with Gasteiger partial charge in [-0.2, -0.15) is 0 Å². The molecule has 0 atom stereocenters. The molecular formula is C10H9ClO2S. The van der Waals surface area contributed by atoms with E-state index >= 15 is 0 Å². The van der Waals surface area contributed by atoms with E-state index in [9.17, 15) is 8.42 Å². The predicted molar refractivity (Wildman–Crippen MR) is 57.7 cm³/mol. The lowest BCUT2D eigenvalue weighted by Crippen LogP contribution is -2.00. The van der Waals surface area contributed by atoms with E-state index in [1.54, 1.807) is 24.3 Å². The molecule has 1 aromatic rings. The van der Waals surface area contributed by atoms with Crippen LogP contribution < -0.4 is 0 Å². The van der Waals surface area contributed by atoms with Crippen molar-refractivity contribution < 1.29 is 8.42 Å². The highest BCUT2D eigenvalue weighted by Crippen LogP contribution is 2.07. The van der Waals surface area contributed by atoms with Gasteiger partial charge in [0.1, 0.15) is 0 Å². The van der Waals surface area contributed by atoms with Crippen molar-refractivity contribution in [2.75, 3.05) is 5.75 Å². The van der Waals surface area contributed by atoms with E-state index in [-0.39, 0.29) is 5.75 Å². The topological polar surface area (TPSA) is 34.1 Å². The Morgan fingerprint density at radius 3 is 2.29 bits per heavy atom. The van der Waals surface area contributed by atoms with Crippen LogP contribution in [0.4, 0.5) is 0 Å². The van der Waals surface area contributed by atoms with E-state index < -0.39 is 9.05 Å². The highest BCUT2D eigenvalue weighted by atomic mass is 35.7. The van der Waals surface area contributed by atoms with Gasteiger partial charge in [-0.25, -0.2) is 8.42 Å². The summed E-state index contributed by atoms with van der Waals surface area (Å²) in [5.41, 5.74) is 1.69. The molecule has 0 aromatic heterocycles. The summed E-state index contributed by atoms with van der Waals surface area (Å²) < 4.78 is 21.3. The first-order valence-corrected chi connectivity index (χ1v) is 6.47. The zero-order chi connectivity index (χ0) is 10.6. The molecule has 0 radical (unpaired) electrons. The predicted octanol–water partition coefficient (Wildman–Crippen LogP) is 1.78. The molecular weight excluding hydrogens is 220 g/mol. The fourth-order valence-electron chi connectivity index (χ4n) is 1.01. The monoisotopic (exact) mass is 228 g/mol. The molecule has 0 saturated carbocycles. The summed E-state index contributed by atoms with van der Waals surface area (Å²) >= 11 is 0. The van der Waals surface area contributed by atoms with E-state index in [0.717, 1.165) is 11.1 Å². The molecule has 0 spiro atoms. The number of benzene rings is 1. The van der Waals surface area contributed by atoms with Crippen molar-refractivity contribution in [3.63, 3.8) is 0 Å². The van der Waals surface area contributed by atoms with Gasteiger partial charge in [0.15, 0.2) is 0 Å². The zero-order valence-electron chi connectivity index (χ0n) is 7.40. The number of rotatable bonds is 3. The lowest BCUT2D eigenvalue weighted by atomic mass is 10.1. The third-order valence-electron chi connectivity index (χ3n) is 1.76. The largest absolute Gasteiger partial charge is 0.232 e. The van der Waals surface area contributed by atoms with Crippen LogP contribution in [0.25, 0.3) is 0 Å². The summed E-state index contributed by atoms with van der Waals surface area (Å²) in [7, 11) is 1.68. The summed E-state index contributed by atoms with van der Waals surface area (Å²) in [4.78, 5) is 0. The van der Waals surface area contributed by atoms with Crippen LogP contribution in [0.5, 0.6) is 0 Å². The van der Waals surface area contributed by atoms with Crippen molar-refractivity contribution in [1.29, 1.82) is 0 Å². The van der Waals surface area contributed by atoms with Crippen LogP contribution in [0.1, 0.15) is 11.1 Å². The molecule has 0 aliphatic heterocycles. The summed E-state index contributed by atoms with van der Waals surface area (Å²) in [5.74, 6) is 2.43. The van der Waals surface area contributed by atoms with E-state index in [1.807, 2.05) is 0 Å². The van der Waals surface area contributed by atoms with Crippen molar-refractivity contribution in [1.82, 2.24) is 0 Å². The van der Waals surface area contributed by atoms with Crippen molar-refractivity contribution >= 4 is 19.7 Å². The first-order chi connectivity index (χ1) is 6.51. The molecule has 0 N–H and O–H groups in total. The SMILES string of the molecule is C#Cc1ccc(CCS(=O)(=O)Cl)cc1. The number of hydrogen-bond donors (Lipinski definition) is 0. The van der Waals surface area contributed by atoms with Crippen molar-refractivity contribution in [3.8, 4) is 12.3 Å². The van der Waals surface area contributed by atoms with Gasteiger partial charge in [0.2, 0.25) is 9.05 Å². The van der Waals surface area contributed by atoms with Crippen LogP contribution in [0, 0.1) is 12.3 Å². The van der Waals surface area contributed by atoms with Gasteiger partial charge >= 0.3 is 0 Å². The van der Waals surface area contributed by atoms with Crippen LogP contribution in [0.2, 0.25) is 0 Å². The van der Waals surface area contributed by atoms with Crippen LogP contribution in [0.3, 0.4) is 0 Å². The molecule has 0 heterocycles. The van der Waals surface area contributed by atoms with E-state index in [1.165, 1.54) is 0 Å². The second kappa shape index (κ2) is 4.50. The van der Waals surface area contributed by atoms with Gasteiger partial charge in [-0.05, 0) is 24.1 Å². The van der Waals surface area contributed by atoms with Crippen molar-refractivity contribution in [3.05, 3.63) is 35.4 Å². The molecule has 2 nitrogen and oxygen atoms in total. The molecule has 0 unspecified atom stereocenters. The highest BCUT2D eigenvalue weighted by Gasteiger charge is 2.04. The van der Waals surface area contributed by atoms with Crippen molar-refractivity contribution in [2.45, 2.75) is 6.42 Å². The minimum Gasteiger partial charge on any atom is -0.212 e. The Bertz CT molecular complexity index is 440. The van der Waals surface area contributed by atoms with Crippen LogP contribution in [0.15, 0.2) is 24.3 Å². The second-order valence-corrected chi connectivity index (χ2v) is 5.73. The first-order valence-electron chi connectivity index (χ1n) is 3.99. The fraction of sp³-hybridized carbons (Fsp3) is 0.200. The molecule has 74 valence electrons. The molecule has 0 saturated heterocycles. The Kier molecular flexibility index (Phi) is 3.56. The average molecular weight is 229 g/mol. The first kappa shape index (κ1) is 11.1. The standard InChI is InChI=1S/C10H9ClO2S/c1-2-9-3-5-10(6-4-9)7-8-14(11,12)13/h1,3-6H,7-8H2. The van der Waals surface area contributed by atoms with E-state index in [4.69, 9.17) is 17.1 Å². The van der Waals surface area contributed by atoms with E-state index in [0.29, 0.717) is 6.42 Å². The molecule has 0 aliphatic rings. The van der Waals surface area contributed by atoms with Gasteiger partial charge in [0.25, 0.3) is 0 Å². The normalized spacial score (nSPS) is 10.9. The Labute approximate surface area is 88.3 Å². The van der Waals surface area contributed by atoms with Gasteiger partial charge in [0.05, 0.1) is 5.75 Å². The Morgan fingerprint density at radius 2 is 1.86 bits per heavy atom. The summed E-state index contributed by atoms with van der Waals surface area (Å²) in [5, 5.41) is 0. The average Bonchev–Trinajstić information content (AvgIpc) is 2.14. The number of hydrogen-bond acceptors (Lipinski definition) is 2. The second-order valence-electron chi connectivity index (χ2n) is 2.83. The third kappa shape index (κ3) is 3.82. The Morgan fingerprint density at radius 1 is 1.29 bits per heavy atom. The maximum absolute atomic E-state index is 10.7. The summed E-state index contributed by atoms with van der Waals surface area (Å²) in [6.45, 7) is 0. The summed E-state index contributed by atoms with van der Waals surface area (Å²) in [6.07, 6.45) is 5.59. The van der Waals surface area contributed by atoms with E-state index in [2.05, 4.69) is 5.92 Å². The molecule has 14 heavy (non-hydrogen) atoms. The van der Waals surface area contributed by atoms with Gasteiger partial charge < -0.3 is 0 Å². The smallest absolute Gasteiger partial charge is 0.212 e. The van der Waals surface area contributed by atoms with Gasteiger partial charge in [-0.1, -0.05) is 18.1 Å². The number of aryl methyl sites for hydroxylation is 1. The maximum Gasteiger partial charge on any atom is 0.232 e. The molecule has 0 bridgehead atoms. The highest BCUT2D eigenvalue weighted by molar-refractivity contribution is 8.13. The maximum atomic E-state index is 10.7. The molecule has 4 heteroatoms. The minimum absolute atomic E-state index is 0.0516. The zero-order valence-corrected chi connectivity index (χ0v) is 8.98. The molecule has 0 amide bonds. The molecule has 0 aliphatic carbocycles. The summed E-state index contributed by atoms with van der Waals surface area (Å²) in [6, 6.07) is 7.15. The molecule has 1 aromatic carbocycles. The van der Waals surface area contributed by atoms with Crippen molar-refractivity contribution in [2.24, 2.45) is 0 Å². The quantitative estimate of drug-likeness (QED) is 0.584. The number of halogens is 1. The van der Waals surface area contributed by atoms with Gasteiger partial charge in [0, 0.05) is 16.2 Å². The molecule has 1 rings (SSSR count). The van der Waals surface area contributed by atoms with Crippen LogP contribution in [-0.4, -0.2) is 14.2 Å². The van der Waals surface area contributed by atoms with Gasteiger partial charge in [-0.3, -0.25) is 0 Å². The lowest BCUT2D eigenvalue weighted by molar-refractivity contribution is 0.609. The Hall–Kier alpha value is -0.980. The lowest BCUT2D eigenvalue weighted by Gasteiger charge is -1.98. The van der Waals surface area contributed by atoms with Crippen LogP contribution in [-0.2, 0) is 15.5 Å². The minimum atomic E-state index is -3.41. The number of terminal acetylenes is 1. The Balaban J connectivity index is 2.67. The fourth-order valence-corrected chi connectivity index (χ4v) is 1.72. The third-order valence-corrected chi connectivity index (χ3v) is 2.91. The molecule has 0 fully saturated rings. The van der Waals surface area contributed by atoms with Crippen LogP contribution >= 0.6 is 10.7 Å².